The smallest absolute Gasteiger partial charge is 0.252 e. The molecule has 1 aromatic heterocycles. The maximum absolute atomic E-state index is 14.8. The first kappa shape index (κ1) is 28.8. The fourth-order valence-corrected chi connectivity index (χ4v) is 4.91. The van der Waals surface area contributed by atoms with Crippen LogP contribution in [0, 0.1) is 17.0 Å². The molecule has 210 valence electrons. The van der Waals surface area contributed by atoms with Gasteiger partial charge in [0.25, 0.3) is 5.91 Å². The highest BCUT2D eigenvalue weighted by molar-refractivity contribution is 5.81. The van der Waals surface area contributed by atoms with Gasteiger partial charge < -0.3 is 15.4 Å². The summed E-state index contributed by atoms with van der Waals surface area (Å²) in [4.78, 5) is 20.2. The number of alkyl halides is 1. The molecule has 1 saturated heterocycles. The monoisotopic (exact) mass is 543 g/mol. The summed E-state index contributed by atoms with van der Waals surface area (Å²) >= 11 is 0. The van der Waals surface area contributed by atoms with Crippen molar-refractivity contribution in [2.24, 2.45) is 11.1 Å². The highest BCUT2D eigenvalue weighted by Gasteiger charge is 2.41. The second-order valence-corrected chi connectivity index (χ2v) is 11.1. The van der Waals surface area contributed by atoms with Crippen molar-refractivity contribution in [3.05, 3.63) is 71.6 Å². The number of rotatable bonds is 10. The number of hydrogen-bond acceptors (Lipinski definition) is 5. The molecule has 3 aromatic rings. The molecule has 2 heterocycles. The number of carbonyl (C=O) groups is 1. The Morgan fingerprint density at radius 3 is 2.59 bits per heavy atom. The van der Waals surface area contributed by atoms with Crippen LogP contribution in [0.5, 0.6) is 0 Å². The Labute approximate surface area is 227 Å². The highest BCUT2D eigenvalue weighted by Crippen LogP contribution is 2.40. The lowest BCUT2D eigenvalue weighted by atomic mass is 9.84. The van der Waals surface area contributed by atoms with E-state index in [1.807, 2.05) is 51.1 Å². The van der Waals surface area contributed by atoms with Crippen LogP contribution in [0.2, 0.25) is 0 Å². The van der Waals surface area contributed by atoms with E-state index in [2.05, 4.69) is 5.10 Å². The minimum absolute atomic E-state index is 0.0113. The van der Waals surface area contributed by atoms with Crippen LogP contribution in [0.1, 0.15) is 57.5 Å². The lowest BCUT2D eigenvalue weighted by Crippen LogP contribution is -2.48. The zero-order chi connectivity index (χ0) is 28.2. The first-order chi connectivity index (χ1) is 18.6. The maximum Gasteiger partial charge on any atom is 0.252 e. The molecule has 0 spiro atoms. The van der Waals surface area contributed by atoms with Crippen LogP contribution in [0.3, 0.4) is 0 Å². The van der Waals surface area contributed by atoms with Crippen LogP contribution in [0.25, 0.3) is 11.4 Å². The van der Waals surface area contributed by atoms with Gasteiger partial charge in [0, 0.05) is 19.2 Å². The Kier molecular flexibility index (Phi) is 9.07. The summed E-state index contributed by atoms with van der Waals surface area (Å²) in [5, 5.41) is 4.61. The predicted octanol–water partition coefficient (Wildman–Crippen LogP) is 5.05. The van der Waals surface area contributed by atoms with Crippen molar-refractivity contribution in [2.45, 2.75) is 64.8 Å². The molecule has 0 saturated carbocycles. The average molecular weight is 544 g/mol. The summed E-state index contributed by atoms with van der Waals surface area (Å²) in [6, 6.07) is 11.3. The van der Waals surface area contributed by atoms with Crippen molar-refractivity contribution >= 4 is 5.91 Å². The molecule has 2 aromatic carbocycles. The molecule has 1 unspecified atom stereocenters. The van der Waals surface area contributed by atoms with E-state index in [-0.39, 0.29) is 30.3 Å². The molecule has 1 aliphatic heterocycles. The van der Waals surface area contributed by atoms with Gasteiger partial charge in [0.1, 0.15) is 24.4 Å². The van der Waals surface area contributed by atoms with Gasteiger partial charge in [0.15, 0.2) is 11.6 Å². The van der Waals surface area contributed by atoms with E-state index in [4.69, 9.17) is 15.5 Å². The number of amides is 1. The molecule has 4 rings (SSSR count). The molecule has 1 aliphatic rings. The quantitative estimate of drug-likeness (QED) is 0.387. The highest BCUT2D eigenvalue weighted by atomic mass is 19.1. The number of benzene rings is 2. The fourth-order valence-electron chi connectivity index (χ4n) is 4.91. The van der Waals surface area contributed by atoms with Crippen molar-refractivity contribution in [1.29, 1.82) is 0 Å². The summed E-state index contributed by atoms with van der Waals surface area (Å²) in [5.41, 5.74) is 6.17. The fraction of sp³-hybridized carbons (Fsp3) is 0.483. The molecule has 0 radical (unpaired) electrons. The molecule has 0 bridgehead atoms. The van der Waals surface area contributed by atoms with Crippen molar-refractivity contribution in [1.82, 2.24) is 19.7 Å². The molecule has 39 heavy (non-hydrogen) atoms. The third-order valence-electron chi connectivity index (χ3n) is 6.85. The van der Waals surface area contributed by atoms with Crippen molar-refractivity contribution in [3.8, 4) is 11.4 Å². The van der Waals surface area contributed by atoms with E-state index >= 15 is 0 Å². The van der Waals surface area contributed by atoms with Gasteiger partial charge in [-0.3, -0.25) is 4.79 Å². The minimum atomic E-state index is -0.732. The van der Waals surface area contributed by atoms with Crippen LogP contribution in [-0.2, 0) is 16.1 Å². The Hall–Kier alpha value is -3.24. The topological polar surface area (TPSA) is 86.3 Å². The van der Waals surface area contributed by atoms with Gasteiger partial charge in [0.05, 0.1) is 18.2 Å². The Bertz CT molecular complexity index is 1260. The van der Waals surface area contributed by atoms with Gasteiger partial charge in [-0.15, -0.1) is 0 Å². The molecule has 7 nitrogen and oxygen atoms in total. The number of hydrogen-bond donors (Lipinski definition) is 1. The number of nitrogens with two attached hydrogens (primary N) is 1. The van der Waals surface area contributed by atoms with Crippen LogP contribution in [0.4, 0.5) is 13.2 Å². The summed E-state index contributed by atoms with van der Waals surface area (Å²) in [7, 11) is 0. The van der Waals surface area contributed by atoms with Crippen LogP contribution < -0.4 is 5.73 Å². The number of ether oxygens (including phenoxy) is 1. The zero-order valence-corrected chi connectivity index (χ0v) is 22.6. The molecule has 1 fully saturated rings. The standard InChI is InChI=1S/C29H36F3N5O2/c1-29(2,3)25(36(14-13-21(33)17-30)28(38)24-10-7-15-39-24)27-34-26(22-16-20(31)11-12-23(22)32)35-37(27)18-19-8-5-4-6-9-19/h4-6,8-9,11-12,16,21,24-25H,7,10,13-15,17-18,33H2,1-3H3/t21-,24+,25?/m0/s1. The third kappa shape index (κ3) is 6.86. The van der Waals surface area contributed by atoms with Crippen LogP contribution >= 0.6 is 0 Å². The van der Waals surface area contributed by atoms with Gasteiger partial charge in [-0.1, -0.05) is 51.1 Å². The molecule has 10 heteroatoms. The summed E-state index contributed by atoms with van der Waals surface area (Å²) < 4.78 is 49.6. The summed E-state index contributed by atoms with van der Waals surface area (Å²) in [6.45, 7) is 6.13. The molecule has 0 aliphatic carbocycles. The van der Waals surface area contributed by atoms with Gasteiger partial charge in [-0.25, -0.2) is 22.8 Å². The van der Waals surface area contributed by atoms with E-state index < -0.39 is 41.9 Å². The minimum Gasteiger partial charge on any atom is -0.368 e. The third-order valence-corrected chi connectivity index (χ3v) is 6.85. The van der Waals surface area contributed by atoms with E-state index in [1.54, 1.807) is 9.58 Å². The Balaban J connectivity index is 1.86. The van der Waals surface area contributed by atoms with Crippen LogP contribution in [0.15, 0.2) is 48.5 Å². The number of aromatic nitrogens is 3. The second kappa shape index (κ2) is 12.3. The molecule has 3 atom stereocenters. The average Bonchev–Trinajstić information content (AvgIpc) is 3.58. The van der Waals surface area contributed by atoms with E-state index in [0.29, 0.717) is 25.4 Å². The Morgan fingerprint density at radius 2 is 1.95 bits per heavy atom. The first-order valence-electron chi connectivity index (χ1n) is 13.3. The van der Waals surface area contributed by atoms with Crippen LogP contribution in [-0.4, -0.2) is 57.5 Å². The molecule has 1 amide bonds. The number of carbonyl (C=O) groups excluding carboxylic acids is 1. The molecule has 2 N–H and O–H groups in total. The van der Waals surface area contributed by atoms with Crippen molar-refractivity contribution in [3.63, 3.8) is 0 Å². The molecular formula is C29H36F3N5O2. The first-order valence-corrected chi connectivity index (χ1v) is 13.3. The predicted molar refractivity (Wildman–Crippen MR) is 142 cm³/mol. The summed E-state index contributed by atoms with van der Waals surface area (Å²) in [5.74, 6) is -1.09. The van der Waals surface area contributed by atoms with E-state index in [9.17, 15) is 18.0 Å². The van der Waals surface area contributed by atoms with E-state index in [0.717, 1.165) is 30.2 Å². The normalized spacial score (nSPS) is 17.3. The van der Waals surface area contributed by atoms with Crippen molar-refractivity contribution in [2.75, 3.05) is 19.8 Å². The molecular weight excluding hydrogens is 507 g/mol. The zero-order valence-electron chi connectivity index (χ0n) is 22.6. The number of halogens is 3. The second-order valence-electron chi connectivity index (χ2n) is 11.1. The number of nitrogens with zero attached hydrogens (tertiary/aromatic N) is 4. The lowest BCUT2D eigenvalue weighted by molar-refractivity contribution is -0.146. The van der Waals surface area contributed by atoms with E-state index in [1.165, 1.54) is 0 Å². The van der Waals surface area contributed by atoms with Gasteiger partial charge in [-0.2, -0.15) is 5.10 Å². The summed E-state index contributed by atoms with van der Waals surface area (Å²) in [6.07, 6.45) is 0.959. The Morgan fingerprint density at radius 1 is 1.21 bits per heavy atom. The van der Waals surface area contributed by atoms with Crippen molar-refractivity contribution < 1.29 is 22.7 Å². The van der Waals surface area contributed by atoms with Gasteiger partial charge in [0.2, 0.25) is 0 Å². The van der Waals surface area contributed by atoms with Gasteiger partial charge >= 0.3 is 0 Å². The maximum atomic E-state index is 14.8. The SMILES string of the molecule is CC(C)(C)C(c1nc(-c2cc(F)ccc2F)nn1Cc1ccccc1)N(CC[C@H](N)CF)C(=O)[C@H]1CCCO1. The lowest BCUT2D eigenvalue weighted by Gasteiger charge is -2.41. The van der Waals surface area contributed by atoms with Gasteiger partial charge in [-0.05, 0) is 48.4 Å². The largest absolute Gasteiger partial charge is 0.368 e.